The number of amides is 1. The number of nitro benzene ring substituents is 1. The van der Waals surface area contributed by atoms with Crippen LogP contribution in [0, 0.1) is 10.1 Å². The minimum Gasteiger partial charge on any atom is -0.494 e. The van der Waals surface area contributed by atoms with Crippen molar-refractivity contribution in [2.75, 3.05) is 12.4 Å². The quantitative estimate of drug-likeness (QED) is 0.486. The lowest BCUT2D eigenvalue weighted by atomic mass is 10.2. The molecule has 1 N–H and O–H groups in total. The molecule has 122 valence electrons. The second-order valence-corrected chi connectivity index (χ2v) is 5.92. The summed E-state index contributed by atoms with van der Waals surface area (Å²) in [4.78, 5) is 22.5. The van der Waals surface area contributed by atoms with Crippen LogP contribution in [-0.2, 0) is 11.8 Å². The number of aryl methyl sites for hydroxylation is 1. The molecule has 10 heteroatoms. The predicted molar refractivity (Wildman–Crippen MR) is 84.6 cm³/mol. The van der Waals surface area contributed by atoms with Crippen LogP contribution in [-0.4, -0.2) is 38.0 Å². The van der Waals surface area contributed by atoms with Gasteiger partial charge in [0.25, 0.3) is 5.69 Å². The van der Waals surface area contributed by atoms with Crippen LogP contribution >= 0.6 is 11.8 Å². The number of hydrogen-bond acceptors (Lipinski definition) is 7. The summed E-state index contributed by atoms with van der Waals surface area (Å²) in [5.41, 5.74) is 0.259. The molecule has 1 aromatic heterocycles. The Balaban J connectivity index is 2.10. The van der Waals surface area contributed by atoms with Crippen molar-refractivity contribution in [1.82, 2.24) is 14.8 Å². The monoisotopic (exact) mass is 337 g/mol. The third-order valence-corrected chi connectivity index (χ3v) is 4.12. The largest absolute Gasteiger partial charge is 0.494 e. The van der Waals surface area contributed by atoms with Crippen molar-refractivity contribution in [2.45, 2.75) is 17.3 Å². The Kier molecular flexibility index (Phi) is 5.16. The van der Waals surface area contributed by atoms with E-state index in [4.69, 9.17) is 4.74 Å². The van der Waals surface area contributed by atoms with Crippen molar-refractivity contribution in [3.63, 3.8) is 0 Å². The molecule has 23 heavy (non-hydrogen) atoms. The van der Waals surface area contributed by atoms with Crippen molar-refractivity contribution in [3.8, 4) is 5.75 Å². The molecule has 0 bridgehead atoms. The molecule has 0 spiro atoms. The summed E-state index contributed by atoms with van der Waals surface area (Å²) in [5.74, 6) is -0.0476. The Morgan fingerprint density at radius 3 is 2.83 bits per heavy atom. The van der Waals surface area contributed by atoms with Gasteiger partial charge in [-0.3, -0.25) is 14.9 Å². The van der Waals surface area contributed by atoms with Crippen LogP contribution in [0.4, 0.5) is 11.4 Å². The van der Waals surface area contributed by atoms with Crippen molar-refractivity contribution in [1.29, 1.82) is 0 Å². The normalized spacial score (nSPS) is 11.8. The molecule has 0 aliphatic carbocycles. The number of hydrogen-bond donors (Lipinski definition) is 1. The van der Waals surface area contributed by atoms with Crippen LogP contribution in [0.1, 0.15) is 6.92 Å². The lowest BCUT2D eigenvalue weighted by Gasteiger charge is -2.13. The first kappa shape index (κ1) is 16.7. The number of ether oxygens (including phenoxy) is 1. The standard InChI is InChI=1S/C13H15N5O4S/c1-8(23-13-16-14-7-17(13)2)12(19)15-10-5-4-9(18(20)21)6-11(10)22-3/h4-8H,1-3H3,(H,15,19)/t8-/m0/s1. The van der Waals surface area contributed by atoms with E-state index in [1.165, 1.54) is 37.1 Å². The van der Waals surface area contributed by atoms with Gasteiger partial charge in [0.2, 0.25) is 5.91 Å². The van der Waals surface area contributed by atoms with Crippen LogP contribution in [0.3, 0.4) is 0 Å². The highest BCUT2D eigenvalue weighted by molar-refractivity contribution is 8.00. The molecule has 0 aliphatic rings. The first-order valence-electron chi connectivity index (χ1n) is 6.56. The van der Waals surface area contributed by atoms with Gasteiger partial charge in [0.15, 0.2) is 5.16 Å². The van der Waals surface area contributed by atoms with E-state index >= 15 is 0 Å². The summed E-state index contributed by atoms with van der Waals surface area (Å²) in [7, 11) is 3.17. The number of non-ortho nitro benzene ring substituents is 1. The SMILES string of the molecule is COc1cc([N+](=O)[O-])ccc1NC(=O)[C@H](C)Sc1nncn1C. The van der Waals surface area contributed by atoms with Crippen molar-refractivity contribution in [2.24, 2.45) is 7.05 Å². The van der Waals surface area contributed by atoms with E-state index < -0.39 is 10.2 Å². The minimum absolute atomic E-state index is 0.110. The number of thioether (sulfide) groups is 1. The number of nitrogens with zero attached hydrogens (tertiary/aromatic N) is 4. The molecule has 1 amide bonds. The lowest BCUT2D eigenvalue weighted by Crippen LogP contribution is -2.23. The second kappa shape index (κ2) is 7.09. The number of rotatable bonds is 6. The fourth-order valence-electron chi connectivity index (χ4n) is 1.72. The fraction of sp³-hybridized carbons (Fsp3) is 0.308. The second-order valence-electron chi connectivity index (χ2n) is 4.62. The number of nitro groups is 1. The molecule has 2 rings (SSSR count). The number of aromatic nitrogens is 3. The van der Waals surface area contributed by atoms with E-state index in [1.54, 1.807) is 24.9 Å². The molecule has 0 saturated heterocycles. The van der Waals surface area contributed by atoms with Crippen molar-refractivity contribution < 1.29 is 14.5 Å². The number of nitrogens with one attached hydrogen (secondary N) is 1. The van der Waals surface area contributed by atoms with E-state index in [2.05, 4.69) is 15.5 Å². The fourth-order valence-corrected chi connectivity index (χ4v) is 2.51. The maximum absolute atomic E-state index is 12.3. The molecule has 1 heterocycles. The number of carbonyl (C=O) groups excluding carboxylic acids is 1. The van der Waals surface area contributed by atoms with Gasteiger partial charge in [0.1, 0.15) is 12.1 Å². The highest BCUT2D eigenvalue weighted by Crippen LogP contribution is 2.30. The van der Waals surface area contributed by atoms with Gasteiger partial charge in [0, 0.05) is 13.1 Å². The summed E-state index contributed by atoms with van der Waals surface area (Å²) < 4.78 is 6.80. The van der Waals surface area contributed by atoms with Gasteiger partial charge >= 0.3 is 0 Å². The highest BCUT2D eigenvalue weighted by Gasteiger charge is 2.19. The van der Waals surface area contributed by atoms with Crippen LogP contribution in [0.15, 0.2) is 29.7 Å². The minimum atomic E-state index is -0.527. The van der Waals surface area contributed by atoms with Crippen molar-refractivity contribution >= 4 is 29.0 Å². The third kappa shape index (κ3) is 3.97. The molecular formula is C13H15N5O4S. The zero-order valence-corrected chi connectivity index (χ0v) is 13.5. The lowest BCUT2D eigenvalue weighted by molar-refractivity contribution is -0.384. The summed E-state index contributed by atoms with van der Waals surface area (Å²) in [5, 5.41) is 21.3. The molecule has 0 fully saturated rings. The average molecular weight is 337 g/mol. The van der Waals surface area contributed by atoms with Crippen molar-refractivity contribution in [3.05, 3.63) is 34.6 Å². The van der Waals surface area contributed by atoms with E-state index in [-0.39, 0.29) is 17.3 Å². The molecule has 0 unspecified atom stereocenters. The number of benzene rings is 1. The molecule has 1 aromatic carbocycles. The number of anilines is 1. The maximum Gasteiger partial charge on any atom is 0.273 e. The predicted octanol–water partition coefficient (Wildman–Crippen LogP) is 1.85. The van der Waals surface area contributed by atoms with Gasteiger partial charge < -0.3 is 14.6 Å². The molecule has 0 aliphatic heterocycles. The molecule has 1 atom stereocenters. The third-order valence-electron chi connectivity index (χ3n) is 2.98. The van der Waals surface area contributed by atoms with Gasteiger partial charge in [-0.05, 0) is 13.0 Å². The van der Waals surface area contributed by atoms with E-state index in [9.17, 15) is 14.9 Å². The average Bonchev–Trinajstić information content (AvgIpc) is 2.92. The Morgan fingerprint density at radius 2 is 2.26 bits per heavy atom. The Labute approximate surface area is 136 Å². The highest BCUT2D eigenvalue weighted by atomic mass is 32.2. The van der Waals surface area contributed by atoms with Crippen LogP contribution in [0.5, 0.6) is 5.75 Å². The Hall–Kier alpha value is -2.62. The molecule has 0 saturated carbocycles. The molecule has 2 aromatic rings. The smallest absolute Gasteiger partial charge is 0.273 e. The first-order chi connectivity index (χ1) is 10.9. The topological polar surface area (TPSA) is 112 Å². The van der Waals surface area contributed by atoms with Gasteiger partial charge in [-0.2, -0.15) is 0 Å². The van der Waals surface area contributed by atoms with E-state index in [0.717, 1.165) is 0 Å². The van der Waals surface area contributed by atoms with Gasteiger partial charge in [-0.15, -0.1) is 10.2 Å². The summed E-state index contributed by atoms with van der Waals surface area (Å²) in [6.07, 6.45) is 1.55. The molecule has 9 nitrogen and oxygen atoms in total. The van der Waals surface area contributed by atoms with Crippen LogP contribution in [0.2, 0.25) is 0 Å². The number of carbonyl (C=O) groups is 1. The van der Waals surface area contributed by atoms with E-state index in [0.29, 0.717) is 10.8 Å². The Bertz CT molecular complexity index is 733. The van der Waals surface area contributed by atoms with Crippen LogP contribution < -0.4 is 10.1 Å². The van der Waals surface area contributed by atoms with Gasteiger partial charge in [0.05, 0.1) is 29.0 Å². The first-order valence-corrected chi connectivity index (χ1v) is 7.44. The number of methoxy groups -OCH3 is 1. The van der Waals surface area contributed by atoms with Gasteiger partial charge in [-0.1, -0.05) is 11.8 Å². The maximum atomic E-state index is 12.3. The molecular weight excluding hydrogens is 322 g/mol. The van der Waals surface area contributed by atoms with Crippen LogP contribution in [0.25, 0.3) is 0 Å². The summed E-state index contributed by atoms with van der Waals surface area (Å²) >= 11 is 1.25. The summed E-state index contributed by atoms with van der Waals surface area (Å²) in [6, 6.07) is 4.00. The van der Waals surface area contributed by atoms with Gasteiger partial charge in [-0.25, -0.2) is 0 Å². The molecule has 0 radical (unpaired) electrons. The zero-order chi connectivity index (χ0) is 17.0. The Morgan fingerprint density at radius 1 is 1.52 bits per heavy atom. The zero-order valence-electron chi connectivity index (χ0n) is 12.7. The van der Waals surface area contributed by atoms with E-state index in [1.807, 2.05) is 0 Å². The summed E-state index contributed by atoms with van der Waals surface area (Å²) in [6.45, 7) is 1.73.